The number of amidine groups is 1. The maximum Gasteiger partial charge on any atom is 0.268 e. The molecule has 0 aromatic carbocycles. The minimum atomic E-state index is 0.0474. The molecule has 4 nitrogen and oxygen atoms in total. The van der Waals surface area contributed by atoms with Crippen LogP contribution in [0.2, 0.25) is 0 Å². The van der Waals surface area contributed by atoms with Gasteiger partial charge in [0.25, 0.3) is 5.84 Å². The molecule has 2 N–H and O–H groups in total. The van der Waals surface area contributed by atoms with Crippen molar-refractivity contribution >= 4 is 11.7 Å². The van der Waals surface area contributed by atoms with Crippen LogP contribution in [0.15, 0.2) is 24.3 Å². The Labute approximate surface area is 288 Å². The Kier molecular flexibility index (Phi) is 28.4. The molecule has 1 rings (SSSR count). The van der Waals surface area contributed by atoms with E-state index in [9.17, 15) is 4.79 Å². The molecular weight excluding hydrogens is 562 g/mol. The Bertz CT molecular complexity index is 801. The maximum atomic E-state index is 12.7. The number of rotatable bonds is 32. The van der Waals surface area contributed by atoms with Gasteiger partial charge in [-0.3, -0.25) is 14.7 Å². The predicted molar refractivity (Wildman–Crippen MR) is 204 cm³/mol. The first kappa shape index (κ1) is 42.4. The minimum absolute atomic E-state index is 0.0474. The molecule has 1 aliphatic rings. The number of amides is 1. The molecule has 0 spiro atoms. The third kappa shape index (κ3) is 22.9. The van der Waals surface area contributed by atoms with Crippen molar-refractivity contribution in [1.29, 1.82) is 0 Å². The second kappa shape index (κ2) is 30.7. The van der Waals surface area contributed by atoms with E-state index in [-0.39, 0.29) is 11.9 Å². The van der Waals surface area contributed by atoms with Crippen LogP contribution in [-0.4, -0.2) is 41.0 Å². The first-order valence-electron chi connectivity index (χ1n) is 20.5. The van der Waals surface area contributed by atoms with E-state index in [0.717, 1.165) is 19.4 Å². The van der Waals surface area contributed by atoms with Gasteiger partial charge in [-0.1, -0.05) is 134 Å². The highest BCUT2D eigenvalue weighted by Crippen LogP contribution is 2.15. The topological polar surface area (TPSA) is 44.1 Å². The average Bonchev–Trinajstić information content (AvgIpc) is 3.44. The van der Waals surface area contributed by atoms with E-state index >= 15 is 0 Å². The van der Waals surface area contributed by atoms with Crippen LogP contribution in [0, 0.1) is 0 Å². The first-order chi connectivity index (χ1) is 22.5. The molecule has 0 saturated carbocycles. The second-order valence-electron chi connectivity index (χ2n) is 14.5. The van der Waals surface area contributed by atoms with Crippen molar-refractivity contribution in [2.24, 2.45) is 0 Å². The molecule has 1 amide bonds. The van der Waals surface area contributed by atoms with Crippen molar-refractivity contribution in [1.82, 2.24) is 10.6 Å². The molecule has 0 aliphatic carbocycles. The van der Waals surface area contributed by atoms with E-state index in [2.05, 4.69) is 74.1 Å². The molecule has 46 heavy (non-hydrogen) atoms. The number of carbonyl (C=O) groups excluding carboxylic acids is 1. The van der Waals surface area contributed by atoms with E-state index in [0.29, 0.717) is 18.5 Å². The van der Waals surface area contributed by atoms with E-state index in [1.165, 1.54) is 160 Å². The molecule has 268 valence electrons. The summed E-state index contributed by atoms with van der Waals surface area (Å²) in [6, 6.07) is 1.03. The van der Waals surface area contributed by atoms with Crippen LogP contribution < -0.4 is 10.6 Å². The first-order valence-corrected chi connectivity index (χ1v) is 20.5. The maximum absolute atomic E-state index is 12.7. The molecule has 0 saturated heterocycles. The standard InChI is InChI=1S/C42H79N3O/c1-6-8-10-12-14-16-18-20-22-24-26-28-30-32-34-36-41(46)44-40(5)42-43-37-39(4)45(42)38(3)35-33-31-29-27-25-23-21-19-17-15-13-11-9-7-2/h20-23,38-40H,6-19,24-37H2,1-5H3,(H,44,46)/p+1/b22-20-,23-21-. The summed E-state index contributed by atoms with van der Waals surface area (Å²) in [6.45, 7) is 12.4. The van der Waals surface area contributed by atoms with Crippen LogP contribution in [0.4, 0.5) is 0 Å². The fourth-order valence-corrected chi connectivity index (χ4v) is 6.94. The molecule has 0 aromatic rings. The molecule has 1 heterocycles. The van der Waals surface area contributed by atoms with E-state index in [4.69, 9.17) is 0 Å². The highest BCUT2D eigenvalue weighted by atomic mass is 16.1. The van der Waals surface area contributed by atoms with Gasteiger partial charge in [0.05, 0.1) is 6.04 Å². The summed E-state index contributed by atoms with van der Waals surface area (Å²) in [7, 11) is 0. The Morgan fingerprint density at radius 2 is 1.09 bits per heavy atom. The lowest BCUT2D eigenvalue weighted by molar-refractivity contribution is -0.587. The average molecular weight is 643 g/mol. The van der Waals surface area contributed by atoms with Crippen LogP contribution >= 0.6 is 0 Å². The molecule has 3 unspecified atom stereocenters. The van der Waals surface area contributed by atoms with Crippen molar-refractivity contribution in [3.8, 4) is 0 Å². The Morgan fingerprint density at radius 1 is 0.674 bits per heavy atom. The fourth-order valence-electron chi connectivity index (χ4n) is 6.94. The Hall–Kier alpha value is -1.58. The normalized spacial score (nSPS) is 16.5. The predicted octanol–water partition coefficient (Wildman–Crippen LogP) is 12.0. The van der Waals surface area contributed by atoms with Crippen LogP contribution in [0.3, 0.4) is 0 Å². The molecule has 3 atom stereocenters. The summed E-state index contributed by atoms with van der Waals surface area (Å²) in [5.41, 5.74) is 0. The number of hydrogen-bond acceptors (Lipinski definition) is 2. The largest absolute Gasteiger partial charge is 0.342 e. The second-order valence-corrected chi connectivity index (χ2v) is 14.5. The number of carbonyl (C=O) groups is 1. The van der Waals surface area contributed by atoms with Gasteiger partial charge in [0.1, 0.15) is 18.6 Å². The molecular formula is C42H80N3O+. The summed E-state index contributed by atoms with van der Waals surface area (Å²) in [6.07, 6.45) is 44.3. The van der Waals surface area contributed by atoms with Crippen molar-refractivity contribution in [3.05, 3.63) is 24.3 Å². The SMILES string of the molecule is CCCCCCCC/C=C\CCCCCCCC(=O)NC(C)C1=[N+](C(C)CCCCCC/C=C\CCCCCCCC)C(C)CN1. The molecule has 0 radical (unpaired) electrons. The lowest BCUT2D eigenvalue weighted by Gasteiger charge is -2.19. The summed E-state index contributed by atoms with van der Waals surface area (Å²) in [4.78, 5) is 12.7. The quantitative estimate of drug-likeness (QED) is 0.0435. The van der Waals surface area contributed by atoms with Gasteiger partial charge in [0.2, 0.25) is 5.91 Å². The number of nitrogens with one attached hydrogen (secondary N) is 2. The Balaban J connectivity index is 2.13. The molecule has 1 aliphatic heterocycles. The molecule has 0 bridgehead atoms. The van der Waals surface area contributed by atoms with Gasteiger partial charge in [-0.15, -0.1) is 0 Å². The minimum Gasteiger partial charge on any atom is -0.342 e. The summed E-state index contributed by atoms with van der Waals surface area (Å²) >= 11 is 0. The number of hydrogen-bond donors (Lipinski definition) is 2. The number of nitrogens with zero attached hydrogens (tertiary/aromatic N) is 1. The zero-order valence-electron chi connectivity index (χ0n) is 31.7. The third-order valence-corrected chi connectivity index (χ3v) is 9.89. The van der Waals surface area contributed by atoms with Gasteiger partial charge in [0, 0.05) is 6.42 Å². The zero-order valence-corrected chi connectivity index (χ0v) is 31.7. The third-order valence-electron chi connectivity index (χ3n) is 9.89. The van der Waals surface area contributed by atoms with Gasteiger partial charge < -0.3 is 5.32 Å². The van der Waals surface area contributed by atoms with Gasteiger partial charge >= 0.3 is 0 Å². The van der Waals surface area contributed by atoms with Gasteiger partial charge in [-0.25, -0.2) is 0 Å². The summed E-state index contributed by atoms with van der Waals surface area (Å²) in [5, 5.41) is 6.93. The monoisotopic (exact) mass is 643 g/mol. The Morgan fingerprint density at radius 3 is 1.57 bits per heavy atom. The van der Waals surface area contributed by atoms with E-state index < -0.39 is 0 Å². The van der Waals surface area contributed by atoms with Crippen molar-refractivity contribution < 1.29 is 9.37 Å². The van der Waals surface area contributed by atoms with Gasteiger partial charge in [-0.2, -0.15) is 0 Å². The smallest absolute Gasteiger partial charge is 0.268 e. The highest BCUT2D eigenvalue weighted by molar-refractivity contribution is 5.88. The van der Waals surface area contributed by atoms with Crippen molar-refractivity contribution in [3.63, 3.8) is 0 Å². The number of unbranched alkanes of at least 4 members (excludes halogenated alkanes) is 21. The van der Waals surface area contributed by atoms with Gasteiger partial charge in [-0.05, 0) is 91.4 Å². The summed E-state index contributed by atoms with van der Waals surface area (Å²) < 4.78 is 2.55. The van der Waals surface area contributed by atoms with E-state index in [1.807, 2.05) is 0 Å². The summed E-state index contributed by atoms with van der Waals surface area (Å²) in [5.74, 6) is 1.42. The van der Waals surface area contributed by atoms with Gasteiger partial charge in [0.15, 0.2) is 0 Å². The molecule has 4 heteroatoms. The van der Waals surface area contributed by atoms with Crippen LogP contribution in [-0.2, 0) is 4.79 Å². The van der Waals surface area contributed by atoms with Crippen molar-refractivity contribution in [2.75, 3.05) is 6.54 Å². The van der Waals surface area contributed by atoms with Crippen molar-refractivity contribution in [2.45, 2.75) is 226 Å². The lowest BCUT2D eigenvalue weighted by atomic mass is 10.1. The van der Waals surface area contributed by atoms with Crippen LogP contribution in [0.1, 0.15) is 208 Å². The molecule has 0 fully saturated rings. The highest BCUT2D eigenvalue weighted by Gasteiger charge is 2.35. The van der Waals surface area contributed by atoms with Crippen LogP contribution in [0.25, 0.3) is 0 Å². The van der Waals surface area contributed by atoms with Crippen LogP contribution in [0.5, 0.6) is 0 Å². The molecule has 0 aromatic heterocycles. The van der Waals surface area contributed by atoms with E-state index in [1.54, 1.807) is 0 Å². The zero-order chi connectivity index (χ0) is 33.5. The number of allylic oxidation sites excluding steroid dienone is 4. The fraction of sp³-hybridized carbons (Fsp3) is 0.857. The lowest BCUT2D eigenvalue weighted by Crippen LogP contribution is -2.47.